The first-order chi connectivity index (χ1) is 22.3. The summed E-state index contributed by atoms with van der Waals surface area (Å²) in [7, 11) is 2.30. The molecule has 0 unspecified atom stereocenters. The molecule has 0 amide bonds. The summed E-state index contributed by atoms with van der Waals surface area (Å²) in [6.07, 6.45) is 0. The molecule has 6 aromatic rings. The van der Waals surface area contributed by atoms with Gasteiger partial charge in [0.25, 0.3) is 0 Å². The topological polar surface area (TPSA) is 18.5 Å². The average molecular weight is 641 g/mol. The van der Waals surface area contributed by atoms with Gasteiger partial charge in [0.05, 0.1) is 14.2 Å². The molecule has 0 aliphatic heterocycles. The zero-order valence-corrected chi connectivity index (χ0v) is 29.4. The number of benzene rings is 6. The summed E-state index contributed by atoms with van der Waals surface area (Å²) in [6, 6.07) is 52.5. The molecule has 0 aliphatic carbocycles. The van der Waals surface area contributed by atoms with Gasteiger partial charge in [-0.25, -0.2) is 0 Å². The van der Waals surface area contributed by atoms with Crippen LogP contribution in [0.15, 0.2) is 146 Å². The maximum atomic E-state index is 5.30. The number of methoxy groups -OCH3 is 2. The Morgan fingerprint density at radius 2 is 0.457 bits per heavy atom. The van der Waals surface area contributed by atoms with Crippen LogP contribution in [0.5, 0.6) is 11.5 Å². The van der Waals surface area contributed by atoms with Gasteiger partial charge in [0.2, 0.25) is 0 Å². The second-order valence-electron chi connectivity index (χ2n) is 11.4. The van der Waals surface area contributed by atoms with Crippen molar-refractivity contribution in [1.29, 1.82) is 0 Å². The number of aryl methyl sites for hydroxylation is 4. The lowest BCUT2D eigenvalue weighted by Gasteiger charge is -2.20. The minimum atomic E-state index is -0.604. The van der Waals surface area contributed by atoms with Gasteiger partial charge in [-0.1, -0.05) is 144 Å². The van der Waals surface area contributed by atoms with Crippen molar-refractivity contribution in [2.75, 3.05) is 14.2 Å². The molecule has 0 saturated carbocycles. The number of rotatable bonds is 8. The molecule has 0 atom stereocenters. The summed E-state index contributed by atoms with van der Waals surface area (Å²) in [5.41, 5.74) is 5.21. The third kappa shape index (κ3) is 8.52. The van der Waals surface area contributed by atoms with Crippen LogP contribution in [-0.2, 0) is 0 Å². The van der Waals surface area contributed by atoms with Crippen LogP contribution in [-0.4, -0.2) is 14.2 Å². The van der Waals surface area contributed by atoms with Crippen LogP contribution in [0.25, 0.3) is 0 Å². The van der Waals surface area contributed by atoms with Crippen LogP contribution in [0.4, 0.5) is 0 Å². The minimum Gasteiger partial charge on any atom is -0.497 e. The van der Waals surface area contributed by atoms with Gasteiger partial charge in [0.1, 0.15) is 11.5 Å². The molecule has 0 N–H and O–H groups in total. The number of hydrogen-bond acceptors (Lipinski definition) is 2. The largest absolute Gasteiger partial charge is 0.497 e. The normalized spacial score (nSPS) is 10.8. The molecule has 6 aromatic carbocycles. The maximum absolute atomic E-state index is 5.30. The van der Waals surface area contributed by atoms with Gasteiger partial charge < -0.3 is 9.47 Å². The molecule has 46 heavy (non-hydrogen) atoms. The van der Waals surface area contributed by atoms with E-state index in [1.165, 1.54) is 54.1 Å². The fourth-order valence-electron chi connectivity index (χ4n) is 5.13. The zero-order valence-electron chi connectivity index (χ0n) is 27.6. The van der Waals surface area contributed by atoms with Crippen LogP contribution in [0.2, 0.25) is 0 Å². The monoisotopic (exact) mass is 640 g/mol. The highest BCUT2D eigenvalue weighted by Gasteiger charge is 2.17. The molecule has 0 saturated heterocycles. The van der Waals surface area contributed by atoms with Crippen LogP contribution in [0, 0.1) is 27.7 Å². The van der Waals surface area contributed by atoms with E-state index in [0.717, 1.165) is 11.5 Å². The maximum Gasteiger partial charge on any atom is 0.118 e. The zero-order chi connectivity index (χ0) is 32.5. The Bertz CT molecular complexity index is 1640. The van der Waals surface area contributed by atoms with Gasteiger partial charge in [-0.05, 0) is 99.6 Å². The standard InChI is InChI=1S/C21H21O2P.C21H21P/c1-16-4-10-19(11-5-16)24(20-12-6-17(22-2)7-13-20)21-14-8-18(23-3)9-15-21;1-16-4-10-19(11-5-16)22(20-12-6-17(2)7-13-20)21-14-8-18(3)9-15-21/h4-15H,1-3H3;4-15H,1-3H3. The Morgan fingerprint density at radius 3 is 0.630 bits per heavy atom. The molecule has 232 valence electrons. The summed E-state index contributed by atoms with van der Waals surface area (Å²) < 4.78 is 10.6. The smallest absolute Gasteiger partial charge is 0.118 e. The summed E-state index contributed by atoms with van der Waals surface area (Å²) in [4.78, 5) is 0. The van der Waals surface area contributed by atoms with Crippen molar-refractivity contribution in [2.24, 2.45) is 0 Å². The lowest BCUT2D eigenvalue weighted by molar-refractivity contribution is 0.415. The highest BCUT2D eigenvalue weighted by atomic mass is 31.1. The summed E-state index contributed by atoms with van der Waals surface area (Å²) in [6.45, 7) is 8.55. The molecule has 0 bridgehead atoms. The van der Waals surface area contributed by atoms with Gasteiger partial charge in [0.15, 0.2) is 0 Å². The van der Waals surface area contributed by atoms with E-state index in [9.17, 15) is 0 Å². The highest BCUT2D eigenvalue weighted by molar-refractivity contribution is 7.80. The van der Waals surface area contributed by atoms with Crippen molar-refractivity contribution in [1.82, 2.24) is 0 Å². The van der Waals surface area contributed by atoms with Crippen molar-refractivity contribution < 1.29 is 9.47 Å². The predicted molar refractivity (Wildman–Crippen MR) is 202 cm³/mol. The van der Waals surface area contributed by atoms with Gasteiger partial charge >= 0.3 is 0 Å². The summed E-state index contributed by atoms with van der Waals surface area (Å²) in [5.74, 6) is 1.76. The van der Waals surface area contributed by atoms with E-state index in [-0.39, 0.29) is 0 Å². The van der Waals surface area contributed by atoms with E-state index in [0.29, 0.717) is 0 Å². The average Bonchev–Trinajstić information content (AvgIpc) is 3.09. The molecule has 0 spiro atoms. The second kappa shape index (κ2) is 15.9. The molecule has 2 nitrogen and oxygen atoms in total. The Morgan fingerprint density at radius 1 is 0.283 bits per heavy atom. The van der Waals surface area contributed by atoms with E-state index < -0.39 is 15.8 Å². The first kappa shape index (κ1) is 33.2. The van der Waals surface area contributed by atoms with E-state index in [1.54, 1.807) is 14.2 Å². The molecular formula is C42H42O2P2. The van der Waals surface area contributed by atoms with E-state index in [1.807, 2.05) is 24.3 Å². The van der Waals surface area contributed by atoms with Crippen molar-refractivity contribution in [3.05, 3.63) is 168 Å². The Labute approximate surface area is 277 Å². The molecule has 0 aromatic heterocycles. The molecule has 0 heterocycles. The molecular weight excluding hydrogens is 598 g/mol. The van der Waals surface area contributed by atoms with E-state index >= 15 is 0 Å². The van der Waals surface area contributed by atoms with Crippen LogP contribution in [0.1, 0.15) is 22.3 Å². The SMILES string of the molecule is COc1ccc(P(c2ccc(C)cc2)c2ccc(OC)cc2)cc1.Cc1ccc(P(c2ccc(C)cc2)c2ccc(C)cc2)cc1. The second-order valence-corrected chi connectivity index (χ2v) is 15.8. The molecule has 6 rings (SSSR count). The van der Waals surface area contributed by atoms with Crippen molar-refractivity contribution in [3.8, 4) is 11.5 Å². The van der Waals surface area contributed by atoms with Crippen LogP contribution >= 0.6 is 15.8 Å². The lowest BCUT2D eigenvalue weighted by Crippen LogP contribution is -2.20. The Balaban J connectivity index is 0.000000182. The molecule has 4 heteroatoms. The molecule has 0 fully saturated rings. The van der Waals surface area contributed by atoms with E-state index in [4.69, 9.17) is 9.47 Å². The summed E-state index contributed by atoms with van der Waals surface area (Å²) in [5, 5.41) is 8.18. The fourth-order valence-corrected chi connectivity index (χ4v) is 9.60. The van der Waals surface area contributed by atoms with Gasteiger partial charge in [-0.2, -0.15) is 0 Å². The quantitative estimate of drug-likeness (QED) is 0.157. The lowest BCUT2D eigenvalue weighted by atomic mass is 10.2. The predicted octanol–water partition coefficient (Wildman–Crippen LogP) is 8.14. The first-order valence-electron chi connectivity index (χ1n) is 15.5. The molecule has 0 aliphatic rings. The van der Waals surface area contributed by atoms with E-state index in [2.05, 4.69) is 149 Å². The number of ether oxygens (including phenoxy) is 2. The molecule has 0 radical (unpaired) electrons. The highest BCUT2D eigenvalue weighted by Crippen LogP contribution is 2.34. The van der Waals surface area contributed by atoms with Gasteiger partial charge in [-0.15, -0.1) is 0 Å². The van der Waals surface area contributed by atoms with Crippen molar-refractivity contribution >= 4 is 47.7 Å². The van der Waals surface area contributed by atoms with Gasteiger partial charge in [-0.3, -0.25) is 0 Å². The van der Waals surface area contributed by atoms with Crippen molar-refractivity contribution in [2.45, 2.75) is 27.7 Å². The summed E-state index contributed by atoms with van der Waals surface area (Å²) >= 11 is 0. The third-order valence-corrected chi connectivity index (χ3v) is 12.7. The fraction of sp³-hybridized carbons (Fsp3) is 0.143. The first-order valence-corrected chi connectivity index (χ1v) is 18.2. The Kier molecular flexibility index (Phi) is 11.4. The minimum absolute atomic E-state index is 0.483. The third-order valence-electron chi connectivity index (χ3n) is 7.83. The van der Waals surface area contributed by atoms with Crippen LogP contribution in [0.3, 0.4) is 0 Å². The number of hydrogen-bond donors (Lipinski definition) is 0. The van der Waals surface area contributed by atoms with Crippen molar-refractivity contribution in [3.63, 3.8) is 0 Å². The van der Waals surface area contributed by atoms with Crippen LogP contribution < -0.4 is 41.3 Å². The Hall–Kier alpha value is -4.22. The van der Waals surface area contributed by atoms with Gasteiger partial charge in [0, 0.05) is 0 Å².